The summed E-state index contributed by atoms with van der Waals surface area (Å²) in [6.45, 7) is 8.07. The van der Waals surface area contributed by atoms with Crippen molar-refractivity contribution >= 4 is 5.69 Å². The highest BCUT2D eigenvalue weighted by molar-refractivity contribution is 5.54. The van der Waals surface area contributed by atoms with E-state index in [1.165, 1.54) is 5.56 Å². The molecule has 0 heterocycles. The van der Waals surface area contributed by atoms with Crippen molar-refractivity contribution in [2.45, 2.75) is 26.7 Å². The third kappa shape index (κ3) is 4.14. The quantitative estimate of drug-likeness (QED) is 0.773. The molecule has 19 heavy (non-hydrogen) atoms. The molecule has 0 spiro atoms. The third-order valence-corrected chi connectivity index (χ3v) is 3.31. The molecule has 104 valence electrons. The van der Waals surface area contributed by atoms with Crippen LogP contribution < -0.4 is 10.6 Å². The number of aryl methyl sites for hydroxylation is 1. The number of nitrogens with zero attached hydrogens (tertiary/aromatic N) is 1. The molecule has 0 aliphatic carbocycles. The van der Waals surface area contributed by atoms with Crippen molar-refractivity contribution in [3.63, 3.8) is 0 Å². The third-order valence-electron chi connectivity index (χ3n) is 3.31. The maximum absolute atomic E-state index is 8.88. The molecule has 1 aromatic rings. The van der Waals surface area contributed by atoms with E-state index < -0.39 is 0 Å². The van der Waals surface area contributed by atoms with Gasteiger partial charge in [0.2, 0.25) is 0 Å². The van der Waals surface area contributed by atoms with Gasteiger partial charge in [-0.1, -0.05) is 24.3 Å². The smallest absolute Gasteiger partial charge is 0.106 e. The zero-order valence-corrected chi connectivity index (χ0v) is 12.1. The molecule has 0 fully saturated rings. The molecule has 0 bridgehead atoms. The van der Waals surface area contributed by atoms with E-state index in [0.29, 0.717) is 5.82 Å². The Bertz CT molecular complexity index is 477. The highest BCUT2D eigenvalue weighted by atomic mass is 16.2. The van der Waals surface area contributed by atoms with E-state index in [4.69, 9.17) is 10.8 Å². The van der Waals surface area contributed by atoms with Crippen LogP contribution in [0.1, 0.15) is 25.8 Å². The summed E-state index contributed by atoms with van der Waals surface area (Å²) in [4.78, 5) is 1.96. The average molecular weight is 260 g/mol. The maximum Gasteiger partial charge on any atom is 0.106 e. The molecule has 0 atom stereocenters. The normalized spacial score (nSPS) is 12.0. The van der Waals surface area contributed by atoms with Gasteiger partial charge in [0.05, 0.1) is 0 Å². The molecule has 0 aromatic heterocycles. The number of nitrogens with two attached hydrogens (primary N) is 1. The van der Waals surface area contributed by atoms with Crippen molar-refractivity contribution < 1.29 is 5.11 Å². The fourth-order valence-corrected chi connectivity index (χ4v) is 1.81. The van der Waals surface area contributed by atoms with Crippen LogP contribution in [-0.4, -0.2) is 18.8 Å². The van der Waals surface area contributed by atoms with Gasteiger partial charge in [0.15, 0.2) is 0 Å². The van der Waals surface area contributed by atoms with Crippen LogP contribution in [-0.2, 0) is 6.42 Å². The van der Waals surface area contributed by atoms with Gasteiger partial charge >= 0.3 is 0 Å². The Morgan fingerprint density at radius 1 is 1.37 bits per heavy atom. The number of aliphatic hydroxyl groups is 1. The number of rotatable bonds is 6. The van der Waals surface area contributed by atoms with Crippen molar-refractivity contribution in [2.24, 2.45) is 5.73 Å². The Kier molecular flexibility index (Phi) is 5.64. The van der Waals surface area contributed by atoms with Gasteiger partial charge in [-0.15, -0.1) is 0 Å². The molecular weight excluding hydrogens is 236 g/mol. The summed E-state index contributed by atoms with van der Waals surface area (Å²) >= 11 is 0. The predicted octanol–water partition coefficient (Wildman–Crippen LogP) is 2.81. The summed E-state index contributed by atoms with van der Waals surface area (Å²) in [5.41, 5.74) is 10.4. The second-order valence-corrected chi connectivity index (χ2v) is 4.85. The SMILES string of the molecule is C=C(C)/C(C)=C(/N)N(C)c1cccc(CCCO)c1. The van der Waals surface area contributed by atoms with Crippen LogP contribution in [0, 0.1) is 0 Å². The Balaban J connectivity index is 2.96. The van der Waals surface area contributed by atoms with Gasteiger partial charge in [-0.05, 0) is 50.0 Å². The van der Waals surface area contributed by atoms with E-state index in [2.05, 4.69) is 18.7 Å². The average Bonchev–Trinajstić information content (AvgIpc) is 2.42. The fraction of sp³-hybridized carbons (Fsp3) is 0.375. The highest BCUT2D eigenvalue weighted by Gasteiger charge is 2.08. The molecule has 0 saturated carbocycles. The predicted molar refractivity (Wildman–Crippen MR) is 82.0 cm³/mol. The Hall–Kier alpha value is -1.74. The molecule has 1 rings (SSSR count). The summed E-state index contributed by atoms with van der Waals surface area (Å²) < 4.78 is 0. The number of hydrogen-bond acceptors (Lipinski definition) is 3. The molecule has 0 radical (unpaired) electrons. The summed E-state index contributed by atoms with van der Waals surface area (Å²) in [6.07, 6.45) is 1.66. The molecule has 3 nitrogen and oxygen atoms in total. The molecule has 0 aliphatic rings. The first-order valence-corrected chi connectivity index (χ1v) is 6.53. The summed E-state index contributed by atoms with van der Waals surface area (Å²) in [5.74, 6) is 0.715. The van der Waals surface area contributed by atoms with Gasteiger partial charge in [0, 0.05) is 19.3 Å². The largest absolute Gasteiger partial charge is 0.396 e. The van der Waals surface area contributed by atoms with Crippen molar-refractivity contribution in [1.29, 1.82) is 0 Å². The first kappa shape index (κ1) is 15.3. The van der Waals surface area contributed by atoms with Crippen LogP contribution in [0.3, 0.4) is 0 Å². The summed E-state index contributed by atoms with van der Waals surface area (Å²) in [7, 11) is 1.95. The molecular formula is C16H24N2O. The van der Waals surface area contributed by atoms with Crippen molar-refractivity contribution in [3.05, 3.63) is 53.4 Å². The molecule has 0 aliphatic heterocycles. The second-order valence-electron chi connectivity index (χ2n) is 4.85. The number of aliphatic hydroxyl groups excluding tert-OH is 1. The molecule has 3 N–H and O–H groups in total. The lowest BCUT2D eigenvalue weighted by atomic mass is 10.1. The molecule has 0 unspecified atom stereocenters. The highest BCUT2D eigenvalue weighted by Crippen LogP contribution is 2.21. The Morgan fingerprint density at radius 2 is 2.05 bits per heavy atom. The van der Waals surface area contributed by atoms with E-state index in [9.17, 15) is 0 Å². The minimum absolute atomic E-state index is 0.219. The Labute approximate surface area is 116 Å². The number of benzene rings is 1. The van der Waals surface area contributed by atoms with Crippen molar-refractivity contribution in [3.8, 4) is 0 Å². The van der Waals surface area contributed by atoms with Gasteiger partial charge < -0.3 is 15.7 Å². The molecule has 0 saturated heterocycles. The minimum atomic E-state index is 0.219. The molecule has 0 amide bonds. The van der Waals surface area contributed by atoms with Gasteiger partial charge in [-0.25, -0.2) is 0 Å². The van der Waals surface area contributed by atoms with Crippen LogP contribution in [0.4, 0.5) is 5.69 Å². The van der Waals surface area contributed by atoms with Crippen LogP contribution in [0.15, 0.2) is 47.8 Å². The number of hydrogen-bond donors (Lipinski definition) is 2. The number of anilines is 1. The van der Waals surface area contributed by atoms with Gasteiger partial charge in [0.1, 0.15) is 5.82 Å². The van der Waals surface area contributed by atoms with Gasteiger partial charge in [-0.3, -0.25) is 0 Å². The number of allylic oxidation sites excluding steroid dienone is 2. The fourth-order valence-electron chi connectivity index (χ4n) is 1.81. The van der Waals surface area contributed by atoms with E-state index in [1.807, 2.05) is 37.9 Å². The van der Waals surface area contributed by atoms with E-state index >= 15 is 0 Å². The monoisotopic (exact) mass is 260 g/mol. The van der Waals surface area contributed by atoms with Crippen molar-refractivity contribution in [2.75, 3.05) is 18.6 Å². The maximum atomic E-state index is 8.88. The lowest BCUT2D eigenvalue weighted by molar-refractivity contribution is 0.288. The van der Waals surface area contributed by atoms with Crippen LogP contribution in [0.25, 0.3) is 0 Å². The van der Waals surface area contributed by atoms with Crippen LogP contribution in [0.2, 0.25) is 0 Å². The molecule has 1 aromatic carbocycles. The first-order valence-electron chi connectivity index (χ1n) is 6.53. The van der Waals surface area contributed by atoms with Crippen LogP contribution >= 0.6 is 0 Å². The molecule has 3 heteroatoms. The topological polar surface area (TPSA) is 49.5 Å². The Morgan fingerprint density at radius 3 is 2.63 bits per heavy atom. The zero-order chi connectivity index (χ0) is 14.4. The van der Waals surface area contributed by atoms with E-state index in [1.54, 1.807) is 0 Å². The van der Waals surface area contributed by atoms with Gasteiger partial charge in [-0.2, -0.15) is 0 Å². The lowest BCUT2D eigenvalue weighted by Gasteiger charge is -2.22. The van der Waals surface area contributed by atoms with E-state index in [0.717, 1.165) is 29.7 Å². The minimum Gasteiger partial charge on any atom is -0.396 e. The standard InChI is InChI=1S/C16H24N2O/c1-12(2)13(3)16(17)18(4)15-9-5-7-14(11-15)8-6-10-19/h5,7,9,11,19H,1,6,8,10,17H2,2-4H3/b16-13-. The summed E-state index contributed by atoms with van der Waals surface area (Å²) in [5, 5.41) is 8.88. The second kappa shape index (κ2) is 7.00. The van der Waals surface area contributed by atoms with Crippen molar-refractivity contribution in [1.82, 2.24) is 0 Å². The summed E-state index contributed by atoms with van der Waals surface area (Å²) in [6, 6.07) is 8.22. The van der Waals surface area contributed by atoms with Crippen LogP contribution in [0.5, 0.6) is 0 Å². The van der Waals surface area contributed by atoms with Gasteiger partial charge in [0.25, 0.3) is 0 Å². The van der Waals surface area contributed by atoms with E-state index in [-0.39, 0.29) is 6.61 Å². The zero-order valence-electron chi connectivity index (χ0n) is 12.1. The first-order chi connectivity index (χ1) is 8.97. The lowest BCUT2D eigenvalue weighted by Crippen LogP contribution is -2.24.